The van der Waals surface area contributed by atoms with Crippen molar-refractivity contribution in [2.45, 2.75) is 20.4 Å². The summed E-state index contributed by atoms with van der Waals surface area (Å²) in [5, 5.41) is 2.91. The van der Waals surface area contributed by atoms with E-state index in [1.54, 1.807) is 25.3 Å². The number of methoxy groups -OCH3 is 1. The van der Waals surface area contributed by atoms with Crippen LogP contribution in [0.4, 0.5) is 5.69 Å². The zero-order chi connectivity index (χ0) is 16.7. The van der Waals surface area contributed by atoms with Crippen LogP contribution in [-0.2, 0) is 6.54 Å². The summed E-state index contributed by atoms with van der Waals surface area (Å²) < 4.78 is 5.14. The van der Waals surface area contributed by atoms with Crippen LogP contribution in [0.3, 0.4) is 0 Å². The van der Waals surface area contributed by atoms with Gasteiger partial charge in [-0.2, -0.15) is 0 Å². The average molecular weight is 312 g/mol. The number of rotatable bonds is 7. The van der Waals surface area contributed by atoms with E-state index in [1.807, 2.05) is 18.2 Å². The molecule has 122 valence electrons. The predicted octanol–water partition coefficient (Wildman–Crippen LogP) is 3.79. The summed E-state index contributed by atoms with van der Waals surface area (Å²) in [5.41, 5.74) is 2.62. The average Bonchev–Trinajstić information content (AvgIpc) is 2.61. The molecule has 1 amide bonds. The summed E-state index contributed by atoms with van der Waals surface area (Å²) in [5.74, 6) is 0.535. The Hall–Kier alpha value is -2.33. The number of carbonyl (C=O) groups excluding carboxylic acids is 1. The van der Waals surface area contributed by atoms with E-state index in [-0.39, 0.29) is 5.91 Å². The van der Waals surface area contributed by atoms with Crippen LogP contribution in [0.2, 0.25) is 0 Å². The second kappa shape index (κ2) is 8.34. The van der Waals surface area contributed by atoms with Crippen molar-refractivity contribution in [3.63, 3.8) is 0 Å². The highest BCUT2D eigenvalue weighted by Gasteiger charge is 2.07. The molecule has 1 N–H and O–H groups in total. The maximum Gasteiger partial charge on any atom is 0.255 e. The fourth-order valence-corrected chi connectivity index (χ4v) is 2.37. The molecule has 0 fully saturated rings. The minimum atomic E-state index is -0.139. The molecule has 0 spiro atoms. The molecule has 4 heteroatoms. The van der Waals surface area contributed by atoms with Gasteiger partial charge in [0.25, 0.3) is 5.91 Å². The number of nitrogens with zero attached hydrogens (tertiary/aromatic N) is 1. The number of hydrogen-bond acceptors (Lipinski definition) is 3. The number of anilines is 1. The third-order valence-corrected chi connectivity index (χ3v) is 3.84. The number of ether oxygens (including phenoxy) is 1. The highest BCUT2D eigenvalue weighted by molar-refractivity contribution is 6.04. The Kier molecular flexibility index (Phi) is 6.18. The zero-order valence-electron chi connectivity index (χ0n) is 14.0. The molecule has 0 saturated heterocycles. The Balaban J connectivity index is 2.01. The molecule has 0 heterocycles. The number of benzene rings is 2. The first-order chi connectivity index (χ1) is 11.2. The molecule has 2 rings (SSSR count). The molecule has 4 nitrogen and oxygen atoms in total. The van der Waals surface area contributed by atoms with Gasteiger partial charge in [0.1, 0.15) is 5.75 Å². The highest BCUT2D eigenvalue weighted by atomic mass is 16.5. The van der Waals surface area contributed by atoms with E-state index < -0.39 is 0 Å². The molecular formula is C19H24N2O2. The predicted molar refractivity (Wildman–Crippen MR) is 94.0 cm³/mol. The van der Waals surface area contributed by atoms with Crippen LogP contribution in [0.1, 0.15) is 29.8 Å². The van der Waals surface area contributed by atoms with Gasteiger partial charge in [0.2, 0.25) is 0 Å². The van der Waals surface area contributed by atoms with Crippen LogP contribution in [0.5, 0.6) is 5.75 Å². The lowest BCUT2D eigenvalue weighted by atomic mass is 10.1. The maximum atomic E-state index is 12.3. The third-order valence-electron chi connectivity index (χ3n) is 3.84. The zero-order valence-corrected chi connectivity index (χ0v) is 14.0. The van der Waals surface area contributed by atoms with Crippen LogP contribution in [0.25, 0.3) is 0 Å². The molecule has 0 aliphatic rings. The minimum absolute atomic E-state index is 0.139. The van der Waals surface area contributed by atoms with Gasteiger partial charge in [-0.15, -0.1) is 0 Å². The normalized spacial score (nSPS) is 10.6. The highest BCUT2D eigenvalue weighted by Crippen LogP contribution is 2.16. The van der Waals surface area contributed by atoms with Crippen molar-refractivity contribution in [2.24, 2.45) is 0 Å². The van der Waals surface area contributed by atoms with Gasteiger partial charge in [0.05, 0.1) is 7.11 Å². The Labute approximate surface area is 138 Å². The van der Waals surface area contributed by atoms with Gasteiger partial charge in [-0.3, -0.25) is 9.69 Å². The summed E-state index contributed by atoms with van der Waals surface area (Å²) in [6.07, 6.45) is 0. The molecule has 0 unspecified atom stereocenters. The number of amides is 1. The van der Waals surface area contributed by atoms with Crippen molar-refractivity contribution in [3.05, 3.63) is 59.7 Å². The van der Waals surface area contributed by atoms with E-state index in [0.717, 1.165) is 25.3 Å². The van der Waals surface area contributed by atoms with Crippen LogP contribution >= 0.6 is 0 Å². The first-order valence-electron chi connectivity index (χ1n) is 7.93. The first kappa shape index (κ1) is 17.0. The molecule has 0 bridgehead atoms. The van der Waals surface area contributed by atoms with Crippen LogP contribution in [0, 0.1) is 0 Å². The Morgan fingerprint density at radius 3 is 2.39 bits per heavy atom. The topological polar surface area (TPSA) is 41.6 Å². The fraction of sp³-hybridized carbons (Fsp3) is 0.316. The molecule has 23 heavy (non-hydrogen) atoms. The van der Waals surface area contributed by atoms with Crippen molar-refractivity contribution in [2.75, 3.05) is 25.5 Å². The molecule has 0 aromatic heterocycles. The summed E-state index contributed by atoms with van der Waals surface area (Å²) in [6, 6.07) is 15.1. The standard InChI is InChI=1S/C19H24N2O2/c1-4-21(5-2)14-15-9-11-17(12-10-15)20-19(22)16-7-6-8-18(13-16)23-3/h6-13H,4-5,14H2,1-3H3,(H,20,22). The van der Waals surface area contributed by atoms with Gasteiger partial charge in [-0.05, 0) is 49.0 Å². The van der Waals surface area contributed by atoms with Crippen molar-refractivity contribution in [1.29, 1.82) is 0 Å². The molecule has 2 aromatic carbocycles. The van der Waals surface area contributed by atoms with Crippen molar-refractivity contribution in [1.82, 2.24) is 4.90 Å². The van der Waals surface area contributed by atoms with Gasteiger partial charge < -0.3 is 10.1 Å². The largest absolute Gasteiger partial charge is 0.497 e. The summed E-state index contributed by atoms with van der Waals surface area (Å²) in [4.78, 5) is 14.6. The van der Waals surface area contributed by atoms with Gasteiger partial charge in [-0.25, -0.2) is 0 Å². The summed E-state index contributed by atoms with van der Waals surface area (Å²) in [6.45, 7) is 7.31. The summed E-state index contributed by atoms with van der Waals surface area (Å²) >= 11 is 0. The van der Waals surface area contributed by atoms with Crippen molar-refractivity contribution in [3.8, 4) is 5.75 Å². The number of hydrogen-bond donors (Lipinski definition) is 1. The molecule has 0 aliphatic carbocycles. The van der Waals surface area contributed by atoms with Gasteiger partial charge >= 0.3 is 0 Å². The molecule has 0 atom stereocenters. The Morgan fingerprint density at radius 1 is 1.09 bits per heavy atom. The maximum absolute atomic E-state index is 12.3. The number of nitrogens with one attached hydrogen (secondary N) is 1. The third kappa shape index (κ3) is 4.83. The van der Waals surface area contributed by atoms with E-state index >= 15 is 0 Å². The van der Waals surface area contributed by atoms with Crippen LogP contribution in [0.15, 0.2) is 48.5 Å². The molecule has 0 saturated carbocycles. The smallest absolute Gasteiger partial charge is 0.255 e. The van der Waals surface area contributed by atoms with E-state index in [4.69, 9.17) is 4.74 Å². The fourth-order valence-electron chi connectivity index (χ4n) is 2.37. The van der Waals surface area contributed by atoms with Crippen molar-refractivity contribution >= 4 is 11.6 Å². The van der Waals surface area contributed by atoms with E-state index in [2.05, 4.69) is 36.2 Å². The summed E-state index contributed by atoms with van der Waals surface area (Å²) in [7, 11) is 1.59. The Morgan fingerprint density at radius 2 is 1.78 bits per heavy atom. The molecule has 0 radical (unpaired) electrons. The minimum Gasteiger partial charge on any atom is -0.497 e. The monoisotopic (exact) mass is 312 g/mol. The van der Waals surface area contributed by atoms with Crippen LogP contribution < -0.4 is 10.1 Å². The van der Waals surface area contributed by atoms with Gasteiger partial charge in [-0.1, -0.05) is 32.0 Å². The lowest BCUT2D eigenvalue weighted by Crippen LogP contribution is -2.22. The van der Waals surface area contributed by atoms with Crippen LogP contribution in [-0.4, -0.2) is 31.0 Å². The second-order valence-corrected chi connectivity index (χ2v) is 5.34. The quantitative estimate of drug-likeness (QED) is 0.846. The number of carbonyl (C=O) groups is 1. The SMILES string of the molecule is CCN(CC)Cc1ccc(NC(=O)c2cccc(OC)c2)cc1. The lowest BCUT2D eigenvalue weighted by Gasteiger charge is -2.18. The lowest BCUT2D eigenvalue weighted by molar-refractivity contribution is 0.102. The Bertz CT molecular complexity index is 634. The van der Waals surface area contributed by atoms with E-state index in [1.165, 1.54) is 5.56 Å². The van der Waals surface area contributed by atoms with E-state index in [9.17, 15) is 4.79 Å². The second-order valence-electron chi connectivity index (χ2n) is 5.34. The van der Waals surface area contributed by atoms with E-state index in [0.29, 0.717) is 11.3 Å². The molecule has 0 aliphatic heterocycles. The van der Waals surface area contributed by atoms with Gasteiger partial charge in [0, 0.05) is 17.8 Å². The molecule has 2 aromatic rings. The molecular weight excluding hydrogens is 288 g/mol. The van der Waals surface area contributed by atoms with Crippen molar-refractivity contribution < 1.29 is 9.53 Å². The van der Waals surface area contributed by atoms with Gasteiger partial charge in [0.15, 0.2) is 0 Å². The first-order valence-corrected chi connectivity index (χ1v) is 7.93.